The molecule has 0 fully saturated rings. The number of rotatable bonds is 9. The third kappa shape index (κ3) is 6.48. The number of hydrogen-bond acceptors (Lipinski definition) is 3. The van der Waals surface area contributed by atoms with Gasteiger partial charge in [0, 0.05) is 12.6 Å². The molecule has 1 atom stereocenters. The highest BCUT2D eigenvalue weighted by atomic mass is 16.5. The van der Waals surface area contributed by atoms with Gasteiger partial charge in [-0.05, 0) is 38.3 Å². The Morgan fingerprint density at radius 2 is 1.68 bits per heavy atom. The van der Waals surface area contributed by atoms with Gasteiger partial charge in [0.25, 0.3) is 0 Å². The lowest BCUT2D eigenvalue weighted by Crippen LogP contribution is -2.31. The zero-order valence-electron chi connectivity index (χ0n) is 12.6. The van der Waals surface area contributed by atoms with Crippen LogP contribution in [0.5, 0.6) is 11.5 Å². The Hall–Kier alpha value is -1.22. The van der Waals surface area contributed by atoms with Crippen LogP contribution in [0.3, 0.4) is 0 Å². The second-order valence-corrected chi connectivity index (χ2v) is 5.21. The van der Waals surface area contributed by atoms with Crippen LogP contribution in [0.2, 0.25) is 0 Å². The van der Waals surface area contributed by atoms with Crippen molar-refractivity contribution in [1.29, 1.82) is 0 Å². The van der Waals surface area contributed by atoms with Crippen molar-refractivity contribution < 1.29 is 9.47 Å². The molecule has 1 unspecified atom stereocenters. The third-order valence-electron chi connectivity index (χ3n) is 2.83. The molecule has 0 bridgehead atoms. The molecule has 1 aromatic rings. The van der Waals surface area contributed by atoms with Crippen molar-refractivity contribution in [3.05, 3.63) is 24.3 Å². The van der Waals surface area contributed by atoms with E-state index in [4.69, 9.17) is 9.47 Å². The first-order chi connectivity index (χ1) is 9.13. The van der Waals surface area contributed by atoms with Gasteiger partial charge in [0.2, 0.25) is 0 Å². The lowest BCUT2D eigenvalue weighted by Gasteiger charge is -2.16. The Labute approximate surface area is 117 Å². The number of hydrogen-bond donors (Lipinski definition) is 1. The Kier molecular flexibility index (Phi) is 7.34. The van der Waals surface area contributed by atoms with E-state index in [2.05, 4.69) is 26.1 Å². The molecule has 0 spiro atoms. The molecule has 1 N–H and O–H groups in total. The first-order valence-corrected chi connectivity index (χ1v) is 7.21. The summed E-state index contributed by atoms with van der Waals surface area (Å²) in [6, 6.07) is 8.34. The zero-order chi connectivity index (χ0) is 14.1. The van der Waals surface area contributed by atoms with E-state index in [0.29, 0.717) is 19.3 Å². The van der Waals surface area contributed by atoms with E-state index in [-0.39, 0.29) is 0 Å². The average Bonchev–Trinajstić information content (AvgIpc) is 2.36. The summed E-state index contributed by atoms with van der Waals surface area (Å²) in [6.07, 6.45) is 1.19. The topological polar surface area (TPSA) is 30.5 Å². The van der Waals surface area contributed by atoms with Crippen LogP contribution < -0.4 is 14.8 Å². The maximum atomic E-state index is 5.76. The molecule has 0 heterocycles. The summed E-state index contributed by atoms with van der Waals surface area (Å²) in [4.78, 5) is 0. The van der Waals surface area contributed by atoms with Gasteiger partial charge in [-0.25, -0.2) is 0 Å². The highest BCUT2D eigenvalue weighted by Crippen LogP contribution is 2.26. The van der Waals surface area contributed by atoms with Crippen molar-refractivity contribution in [2.24, 2.45) is 5.92 Å². The molecule has 1 aromatic carbocycles. The van der Waals surface area contributed by atoms with Crippen molar-refractivity contribution in [3.8, 4) is 11.5 Å². The van der Waals surface area contributed by atoms with Gasteiger partial charge in [0.05, 0.1) is 6.61 Å². The molecule has 0 radical (unpaired) electrons. The van der Waals surface area contributed by atoms with E-state index < -0.39 is 0 Å². The van der Waals surface area contributed by atoms with Crippen LogP contribution in [0.15, 0.2) is 24.3 Å². The number of ether oxygens (including phenoxy) is 2. The standard InChI is InChI=1S/C16H27NO2/c1-5-18-15-8-6-7-9-16(15)19-11-10-17-14(4)12-13(2)3/h6-9,13-14,17H,5,10-12H2,1-4H3. The molecule has 0 aliphatic heterocycles. The van der Waals surface area contributed by atoms with E-state index in [1.165, 1.54) is 6.42 Å². The maximum Gasteiger partial charge on any atom is 0.161 e. The minimum absolute atomic E-state index is 0.533. The monoisotopic (exact) mass is 265 g/mol. The first kappa shape index (κ1) is 15.8. The predicted molar refractivity (Wildman–Crippen MR) is 80.0 cm³/mol. The largest absolute Gasteiger partial charge is 0.490 e. The van der Waals surface area contributed by atoms with Gasteiger partial charge < -0.3 is 14.8 Å². The quantitative estimate of drug-likeness (QED) is 0.693. The second-order valence-electron chi connectivity index (χ2n) is 5.21. The smallest absolute Gasteiger partial charge is 0.161 e. The molecule has 0 saturated carbocycles. The van der Waals surface area contributed by atoms with Gasteiger partial charge in [0.1, 0.15) is 6.61 Å². The zero-order valence-corrected chi connectivity index (χ0v) is 12.6. The van der Waals surface area contributed by atoms with Crippen LogP contribution in [-0.2, 0) is 0 Å². The van der Waals surface area contributed by atoms with Crippen molar-refractivity contribution in [1.82, 2.24) is 5.32 Å². The van der Waals surface area contributed by atoms with Crippen molar-refractivity contribution >= 4 is 0 Å². The Morgan fingerprint density at radius 3 is 2.26 bits per heavy atom. The summed E-state index contributed by atoms with van der Waals surface area (Å²) < 4.78 is 11.3. The molecule has 108 valence electrons. The molecule has 0 aliphatic carbocycles. The molecule has 0 aromatic heterocycles. The van der Waals surface area contributed by atoms with E-state index in [0.717, 1.165) is 24.0 Å². The Morgan fingerprint density at radius 1 is 1.05 bits per heavy atom. The van der Waals surface area contributed by atoms with E-state index >= 15 is 0 Å². The third-order valence-corrected chi connectivity index (χ3v) is 2.83. The predicted octanol–water partition coefficient (Wildman–Crippen LogP) is 3.49. The Balaban J connectivity index is 2.29. The normalized spacial score (nSPS) is 12.5. The summed E-state index contributed by atoms with van der Waals surface area (Å²) in [6.45, 7) is 10.9. The van der Waals surface area contributed by atoms with E-state index in [1.54, 1.807) is 0 Å². The van der Waals surface area contributed by atoms with Gasteiger partial charge >= 0.3 is 0 Å². The van der Waals surface area contributed by atoms with E-state index in [9.17, 15) is 0 Å². The lowest BCUT2D eigenvalue weighted by molar-refractivity contribution is 0.270. The molecule has 0 amide bonds. The summed E-state index contributed by atoms with van der Waals surface area (Å²) in [7, 11) is 0. The van der Waals surface area contributed by atoms with Crippen molar-refractivity contribution in [3.63, 3.8) is 0 Å². The number of benzene rings is 1. The summed E-state index contributed by atoms with van der Waals surface area (Å²) in [5, 5.41) is 3.47. The van der Waals surface area contributed by atoms with Gasteiger partial charge in [0.15, 0.2) is 11.5 Å². The molecule has 3 heteroatoms. The van der Waals surface area contributed by atoms with Crippen LogP contribution in [0.1, 0.15) is 34.1 Å². The summed E-state index contributed by atoms with van der Waals surface area (Å²) >= 11 is 0. The highest BCUT2D eigenvalue weighted by molar-refractivity contribution is 5.39. The lowest BCUT2D eigenvalue weighted by atomic mass is 10.1. The summed E-state index contributed by atoms with van der Waals surface area (Å²) in [5.74, 6) is 2.37. The molecule has 1 rings (SSSR count). The fraction of sp³-hybridized carbons (Fsp3) is 0.625. The van der Waals surface area contributed by atoms with Gasteiger partial charge in [-0.2, -0.15) is 0 Å². The van der Waals surface area contributed by atoms with Crippen LogP contribution in [-0.4, -0.2) is 25.8 Å². The molecular weight excluding hydrogens is 238 g/mol. The van der Waals surface area contributed by atoms with Crippen LogP contribution >= 0.6 is 0 Å². The number of nitrogens with one attached hydrogen (secondary N) is 1. The van der Waals surface area contributed by atoms with Gasteiger partial charge in [-0.1, -0.05) is 26.0 Å². The fourth-order valence-corrected chi connectivity index (χ4v) is 2.10. The van der Waals surface area contributed by atoms with E-state index in [1.807, 2.05) is 31.2 Å². The van der Waals surface area contributed by atoms with Gasteiger partial charge in [-0.3, -0.25) is 0 Å². The van der Waals surface area contributed by atoms with Crippen molar-refractivity contribution in [2.75, 3.05) is 19.8 Å². The van der Waals surface area contributed by atoms with Crippen LogP contribution in [0, 0.1) is 5.92 Å². The number of para-hydroxylation sites is 2. The fourth-order valence-electron chi connectivity index (χ4n) is 2.10. The molecule has 0 saturated heterocycles. The second kappa shape index (κ2) is 8.81. The molecule has 3 nitrogen and oxygen atoms in total. The SMILES string of the molecule is CCOc1ccccc1OCCNC(C)CC(C)C. The van der Waals surface area contributed by atoms with Gasteiger partial charge in [-0.15, -0.1) is 0 Å². The van der Waals surface area contributed by atoms with Crippen molar-refractivity contribution in [2.45, 2.75) is 40.2 Å². The highest BCUT2D eigenvalue weighted by Gasteiger charge is 2.05. The Bertz CT molecular complexity index is 352. The first-order valence-electron chi connectivity index (χ1n) is 7.21. The minimum atomic E-state index is 0.533. The average molecular weight is 265 g/mol. The van der Waals surface area contributed by atoms with Crippen LogP contribution in [0.4, 0.5) is 0 Å². The molecule has 19 heavy (non-hydrogen) atoms. The molecular formula is C16H27NO2. The summed E-state index contributed by atoms with van der Waals surface area (Å²) in [5.41, 5.74) is 0. The van der Waals surface area contributed by atoms with Crippen LogP contribution in [0.25, 0.3) is 0 Å². The minimum Gasteiger partial charge on any atom is -0.490 e. The maximum absolute atomic E-state index is 5.76. The molecule has 0 aliphatic rings.